The second-order valence-corrected chi connectivity index (χ2v) is 4.21. The van der Waals surface area contributed by atoms with Gasteiger partial charge < -0.3 is 15.0 Å². The number of ether oxygens (including phenoxy) is 1. The Kier molecular flexibility index (Phi) is 6.01. The van der Waals surface area contributed by atoms with Gasteiger partial charge in [-0.05, 0) is 31.2 Å². The monoisotopic (exact) mass is 258 g/mol. The van der Waals surface area contributed by atoms with Gasteiger partial charge in [-0.2, -0.15) is 0 Å². The van der Waals surface area contributed by atoms with E-state index in [1.54, 1.807) is 26.1 Å². The number of benzene rings is 1. The van der Waals surface area contributed by atoms with E-state index < -0.39 is 11.6 Å². The van der Waals surface area contributed by atoms with Gasteiger partial charge in [-0.25, -0.2) is 8.78 Å². The molecular weight excluding hydrogens is 238 g/mol. The molecule has 0 aliphatic carbocycles. The third kappa shape index (κ3) is 3.92. The van der Waals surface area contributed by atoms with Crippen LogP contribution in [0.5, 0.6) is 0 Å². The fraction of sp³-hybridized carbons (Fsp3) is 0.538. The van der Waals surface area contributed by atoms with Crippen molar-refractivity contribution in [3.05, 3.63) is 29.3 Å². The number of hydrogen-bond donors (Lipinski definition) is 1. The topological polar surface area (TPSA) is 24.5 Å². The van der Waals surface area contributed by atoms with Gasteiger partial charge in [-0.1, -0.05) is 0 Å². The van der Waals surface area contributed by atoms with Crippen LogP contribution < -0.4 is 10.2 Å². The Balaban J connectivity index is 2.81. The van der Waals surface area contributed by atoms with Crippen molar-refractivity contribution in [2.24, 2.45) is 0 Å². The van der Waals surface area contributed by atoms with Crippen molar-refractivity contribution in [1.29, 1.82) is 0 Å². The van der Waals surface area contributed by atoms with Gasteiger partial charge in [0.1, 0.15) is 17.3 Å². The number of methoxy groups -OCH3 is 1. The molecule has 0 radical (unpaired) electrons. The molecule has 0 saturated heterocycles. The van der Waals surface area contributed by atoms with Crippen LogP contribution in [0, 0.1) is 11.6 Å². The normalized spacial score (nSPS) is 10.7. The summed E-state index contributed by atoms with van der Waals surface area (Å²) in [4.78, 5) is 1.58. The van der Waals surface area contributed by atoms with Crippen LogP contribution in [0.15, 0.2) is 12.1 Å². The van der Waals surface area contributed by atoms with E-state index in [-0.39, 0.29) is 5.69 Å². The van der Waals surface area contributed by atoms with Gasteiger partial charge in [0.25, 0.3) is 0 Å². The highest BCUT2D eigenvalue weighted by Crippen LogP contribution is 2.24. The molecule has 0 atom stereocenters. The van der Waals surface area contributed by atoms with Crippen LogP contribution in [0.2, 0.25) is 0 Å². The van der Waals surface area contributed by atoms with E-state index in [1.807, 2.05) is 0 Å². The average Bonchev–Trinajstić information content (AvgIpc) is 2.28. The van der Waals surface area contributed by atoms with Gasteiger partial charge in [0.2, 0.25) is 0 Å². The number of anilines is 1. The molecule has 1 aromatic rings. The van der Waals surface area contributed by atoms with E-state index >= 15 is 0 Å². The summed E-state index contributed by atoms with van der Waals surface area (Å²) >= 11 is 0. The Morgan fingerprint density at radius 1 is 1.28 bits per heavy atom. The first kappa shape index (κ1) is 14.9. The molecule has 0 bridgehead atoms. The largest absolute Gasteiger partial charge is 0.385 e. The summed E-state index contributed by atoms with van der Waals surface area (Å²) < 4.78 is 32.6. The number of rotatable bonds is 7. The quantitative estimate of drug-likeness (QED) is 0.758. The Bertz CT molecular complexity index is 362. The van der Waals surface area contributed by atoms with Crippen molar-refractivity contribution in [2.45, 2.75) is 13.0 Å². The predicted molar refractivity (Wildman–Crippen MR) is 68.9 cm³/mol. The maximum absolute atomic E-state index is 13.9. The summed E-state index contributed by atoms with van der Waals surface area (Å²) in [6.45, 7) is 1.57. The van der Waals surface area contributed by atoms with Crippen molar-refractivity contribution in [3.63, 3.8) is 0 Å². The lowest BCUT2D eigenvalue weighted by Crippen LogP contribution is -2.22. The molecule has 18 heavy (non-hydrogen) atoms. The molecule has 3 nitrogen and oxygen atoms in total. The summed E-state index contributed by atoms with van der Waals surface area (Å²) in [5, 5.41) is 2.87. The van der Waals surface area contributed by atoms with E-state index in [9.17, 15) is 8.78 Å². The summed E-state index contributed by atoms with van der Waals surface area (Å²) in [5.74, 6) is -1.06. The lowest BCUT2D eigenvalue weighted by Gasteiger charge is -2.21. The zero-order valence-corrected chi connectivity index (χ0v) is 11.1. The summed E-state index contributed by atoms with van der Waals surface area (Å²) in [5.41, 5.74) is 0.618. The van der Waals surface area contributed by atoms with E-state index in [4.69, 9.17) is 4.74 Å². The van der Waals surface area contributed by atoms with Crippen LogP contribution in [-0.4, -0.2) is 34.4 Å². The lowest BCUT2D eigenvalue weighted by atomic mass is 10.1. The van der Waals surface area contributed by atoms with Gasteiger partial charge in [-0.3, -0.25) is 0 Å². The zero-order valence-electron chi connectivity index (χ0n) is 11.1. The second-order valence-electron chi connectivity index (χ2n) is 4.21. The molecular formula is C13H20F2N2O. The van der Waals surface area contributed by atoms with Crippen LogP contribution in [0.4, 0.5) is 14.5 Å². The van der Waals surface area contributed by atoms with E-state index in [2.05, 4.69) is 5.32 Å². The van der Waals surface area contributed by atoms with Crippen LogP contribution in [-0.2, 0) is 11.3 Å². The maximum Gasteiger partial charge on any atom is 0.149 e. The first-order valence-corrected chi connectivity index (χ1v) is 5.92. The molecule has 102 valence electrons. The maximum atomic E-state index is 13.9. The van der Waals surface area contributed by atoms with Gasteiger partial charge in [0, 0.05) is 33.9 Å². The molecule has 0 aliphatic heterocycles. The molecule has 1 N–H and O–H groups in total. The second kappa shape index (κ2) is 7.28. The molecule has 1 aromatic carbocycles. The van der Waals surface area contributed by atoms with Crippen molar-refractivity contribution in [1.82, 2.24) is 5.32 Å². The minimum atomic E-state index is -0.528. The number of nitrogens with zero attached hydrogens (tertiary/aromatic N) is 1. The molecule has 0 aliphatic rings. The summed E-state index contributed by atoms with van der Waals surface area (Å²) in [6.07, 6.45) is 0.726. The van der Waals surface area contributed by atoms with E-state index in [1.165, 1.54) is 12.1 Å². The molecule has 0 aromatic heterocycles. The van der Waals surface area contributed by atoms with E-state index in [0.717, 1.165) is 6.42 Å². The third-order valence-electron chi connectivity index (χ3n) is 2.68. The van der Waals surface area contributed by atoms with Crippen molar-refractivity contribution < 1.29 is 13.5 Å². The van der Waals surface area contributed by atoms with Gasteiger partial charge >= 0.3 is 0 Å². The summed E-state index contributed by atoms with van der Waals surface area (Å²) in [7, 11) is 5.02. The predicted octanol–water partition coefficient (Wildman–Crippen LogP) is 2.16. The zero-order chi connectivity index (χ0) is 13.5. The highest BCUT2D eigenvalue weighted by atomic mass is 19.1. The molecule has 1 rings (SSSR count). The Labute approximate surface area is 107 Å². The van der Waals surface area contributed by atoms with Gasteiger partial charge in [0.15, 0.2) is 0 Å². The molecule has 0 unspecified atom stereocenters. The standard InChI is InChI=1S/C13H20F2N2O/c1-16-9-10-7-11(14)13(12(15)8-10)17(2)5-4-6-18-3/h7-8,16H,4-6,9H2,1-3H3. The Hall–Kier alpha value is -1.20. The van der Waals surface area contributed by atoms with Crippen LogP contribution in [0.1, 0.15) is 12.0 Å². The van der Waals surface area contributed by atoms with Crippen molar-refractivity contribution >= 4 is 5.69 Å². The molecule has 0 fully saturated rings. The SMILES string of the molecule is CNCc1cc(F)c(N(C)CCCOC)c(F)c1. The molecule has 5 heteroatoms. The van der Waals surface area contributed by atoms with Gasteiger partial charge in [0.05, 0.1) is 0 Å². The third-order valence-corrected chi connectivity index (χ3v) is 2.68. The Morgan fingerprint density at radius 2 is 1.89 bits per heavy atom. The van der Waals surface area contributed by atoms with Crippen LogP contribution >= 0.6 is 0 Å². The highest BCUT2D eigenvalue weighted by molar-refractivity contribution is 5.50. The van der Waals surface area contributed by atoms with Crippen molar-refractivity contribution in [3.8, 4) is 0 Å². The molecule has 0 saturated carbocycles. The molecule has 0 spiro atoms. The first-order chi connectivity index (χ1) is 8.60. The fourth-order valence-corrected chi connectivity index (χ4v) is 1.85. The van der Waals surface area contributed by atoms with Gasteiger partial charge in [-0.15, -0.1) is 0 Å². The minimum Gasteiger partial charge on any atom is -0.385 e. The van der Waals surface area contributed by atoms with Crippen molar-refractivity contribution in [2.75, 3.05) is 39.3 Å². The highest BCUT2D eigenvalue weighted by Gasteiger charge is 2.14. The molecule has 0 amide bonds. The van der Waals surface area contributed by atoms with E-state index in [0.29, 0.717) is 25.3 Å². The van der Waals surface area contributed by atoms with Crippen LogP contribution in [0.25, 0.3) is 0 Å². The Morgan fingerprint density at radius 3 is 2.39 bits per heavy atom. The number of hydrogen-bond acceptors (Lipinski definition) is 3. The fourth-order valence-electron chi connectivity index (χ4n) is 1.85. The van der Waals surface area contributed by atoms with Crippen LogP contribution in [0.3, 0.4) is 0 Å². The minimum absolute atomic E-state index is 0.0194. The lowest BCUT2D eigenvalue weighted by molar-refractivity contribution is 0.196. The first-order valence-electron chi connectivity index (χ1n) is 5.92. The molecule has 0 heterocycles. The smallest absolute Gasteiger partial charge is 0.149 e. The number of halogens is 2. The average molecular weight is 258 g/mol. The summed E-state index contributed by atoms with van der Waals surface area (Å²) in [6, 6.07) is 2.73. The number of nitrogens with one attached hydrogen (secondary N) is 1.